The highest BCUT2D eigenvalue weighted by molar-refractivity contribution is 5.95. The molecular weight excluding hydrogens is 456 g/mol. The minimum atomic E-state index is -0.952. The average Bonchev–Trinajstić information content (AvgIpc) is 3.39. The molecule has 4 rings (SSSR count). The largest absolute Gasteiger partial charge is 0.487 e. The van der Waals surface area contributed by atoms with Crippen LogP contribution in [0.15, 0.2) is 67.0 Å². The Bertz CT molecular complexity index is 1130. The summed E-state index contributed by atoms with van der Waals surface area (Å²) < 4.78 is 13.3. The van der Waals surface area contributed by atoms with Crippen LogP contribution in [0.2, 0.25) is 0 Å². The molecule has 2 heterocycles. The van der Waals surface area contributed by atoms with Crippen molar-refractivity contribution in [3.05, 3.63) is 78.1 Å². The number of rotatable bonds is 13. The molecule has 0 saturated carbocycles. The van der Waals surface area contributed by atoms with Crippen LogP contribution in [-0.4, -0.2) is 40.8 Å². The molecule has 0 radical (unpaired) electrons. The molecule has 0 atom stereocenters. The second-order valence-electron chi connectivity index (χ2n) is 9.18. The van der Waals surface area contributed by atoms with E-state index in [1.807, 2.05) is 59.4 Å². The van der Waals surface area contributed by atoms with Crippen LogP contribution in [0.5, 0.6) is 5.75 Å². The molecule has 1 aromatic heterocycles. The first-order chi connectivity index (χ1) is 17.5. The lowest BCUT2D eigenvalue weighted by molar-refractivity contribution is -0.145. The van der Waals surface area contributed by atoms with E-state index in [9.17, 15) is 14.7 Å². The summed E-state index contributed by atoms with van der Waals surface area (Å²) in [7, 11) is 0. The highest BCUT2D eigenvalue weighted by atomic mass is 16.5. The molecule has 0 bridgehead atoms. The van der Waals surface area contributed by atoms with Crippen molar-refractivity contribution in [2.24, 2.45) is 0 Å². The molecule has 0 spiro atoms. The third-order valence-corrected chi connectivity index (χ3v) is 6.41. The number of hydrogen-bond donors (Lipinski definition) is 1. The van der Waals surface area contributed by atoms with Gasteiger partial charge in [0.05, 0.1) is 30.0 Å². The van der Waals surface area contributed by atoms with Crippen molar-refractivity contribution in [1.29, 1.82) is 0 Å². The van der Waals surface area contributed by atoms with Crippen molar-refractivity contribution < 1.29 is 24.2 Å². The fourth-order valence-electron chi connectivity index (χ4n) is 4.39. The molecule has 7 heteroatoms. The van der Waals surface area contributed by atoms with Crippen molar-refractivity contribution >= 4 is 17.6 Å². The first-order valence-corrected chi connectivity index (χ1v) is 12.7. The van der Waals surface area contributed by atoms with Gasteiger partial charge in [-0.1, -0.05) is 50.8 Å². The lowest BCUT2D eigenvalue weighted by atomic mass is 10.1. The molecule has 1 saturated heterocycles. The summed E-state index contributed by atoms with van der Waals surface area (Å²) in [5, 5.41) is 9.68. The van der Waals surface area contributed by atoms with Gasteiger partial charge in [0.1, 0.15) is 18.5 Å². The van der Waals surface area contributed by atoms with Gasteiger partial charge in [0, 0.05) is 18.8 Å². The van der Waals surface area contributed by atoms with Crippen LogP contribution in [0.25, 0.3) is 5.69 Å². The minimum Gasteiger partial charge on any atom is -0.487 e. The Kier molecular flexibility index (Phi) is 8.66. The van der Waals surface area contributed by atoms with Crippen molar-refractivity contribution in [3.63, 3.8) is 0 Å². The predicted molar refractivity (Wildman–Crippen MR) is 139 cm³/mol. The van der Waals surface area contributed by atoms with Gasteiger partial charge < -0.3 is 24.0 Å². The van der Waals surface area contributed by atoms with E-state index in [4.69, 9.17) is 9.47 Å². The number of aromatic carboxylic acids is 1. The molecule has 1 aliphatic heterocycles. The highest BCUT2D eigenvalue weighted by Crippen LogP contribution is 2.32. The number of carbonyl (C=O) groups is 2. The van der Waals surface area contributed by atoms with Gasteiger partial charge in [0.15, 0.2) is 0 Å². The number of anilines is 1. The quantitative estimate of drug-likeness (QED) is 0.239. The lowest BCUT2D eigenvalue weighted by Gasteiger charge is -2.41. The number of nitrogens with zero attached hydrogens (tertiary/aromatic N) is 2. The Labute approximate surface area is 212 Å². The number of carbonyl (C=O) groups excluding carboxylic acids is 1. The van der Waals surface area contributed by atoms with Gasteiger partial charge in [-0.05, 0) is 48.4 Å². The summed E-state index contributed by atoms with van der Waals surface area (Å²) in [5.74, 6) is -0.338. The van der Waals surface area contributed by atoms with Gasteiger partial charge in [-0.25, -0.2) is 4.79 Å². The smallest absolute Gasteiger partial charge is 0.337 e. The van der Waals surface area contributed by atoms with Crippen LogP contribution in [0.1, 0.15) is 61.4 Å². The van der Waals surface area contributed by atoms with Gasteiger partial charge in [-0.3, -0.25) is 4.79 Å². The maximum Gasteiger partial charge on any atom is 0.337 e. The minimum absolute atomic E-state index is 0.00684. The molecule has 3 aromatic rings. The number of carboxylic acid groups (broad SMARTS) is 1. The summed E-state index contributed by atoms with van der Waals surface area (Å²) in [6.45, 7) is 3.77. The van der Waals surface area contributed by atoms with Crippen LogP contribution in [0, 0.1) is 0 Å². The molecule has 2 aromatic carbocycles. The maximum atomic E-state index is 11.9. The highest BCUT2D eigenvalue weighted by Gasteiger charge is 2.31. The van der Waals surface area contributed by atoms with Gasteiger partial charge in [0.25, 0.3) is 0 Å². The van der Waals surface area contributed by atoms with E-state index in [1.54, 1.807) is 12.1 Å². The van der Waals surface area contributed by atoms with E-state index in [0.29, 0.717) is 25.2 Å². The maximum absolute atomic E-state index is 11.9. The van der Waals surface area contributed by atoms with Gasteiger partial charge >= 0.3 is 11.9 Å². The number of benzene rings is 2. The zero-order valence-corrected chi connectivity index (χ0v) is 20.8. The Morgan fingerprint density at radius 1 is 0.944 bits per heavy atom. The number of ether oxygens (including phenoxy) is 2. The zero-order valence-electron chi connectivity index (χ0n) is 20.8. The number of para-hydroxylation sites is 1. The summed E-state index contributed by atoms with van der Waals surface area (Å²) in [6, 6.07) is 16.7. The van der Waals surface area contributed by atoms with Crippen molar-refractivity contribution in [2.45, 2.75) is 58.2 Å². The number of hydrogen-bond acceptors (Lipinski definition) is 5. The van der Waals surface area contributed by atoms with Crippen LogP contribution in [0.4, 0.5) is 5.69 Å². The number of aromatic nitrogens is 1. The normalized spacial score (nSPS) is 13.3. The van der Waals surface area contributed by atoms with Crippen molar-refractivity contribution in [1.82, 2.24) is 4.57 Å². The molecule has 1 N–H and O–H groups in total. The molecule has 36 heavy (non-hydrogen) atoms. The molecular formula is C29H34N2O5. The van der Waals surface area contributed by atoms with Crippen LogP contribution < -0.4 is 9.64 Å². The zero-order chi connectivity index (χ0) is 25.3. The van der Waals surface area contributed by atoms with E-state index < -0.39 is 5.97 Å². The van der Waals surface area contributed by atoms with E-state index in [0.717, 1.165) is 29.8 Å². The van der Waals surface area contributed by atoms with Crippen LogP contribution >= 0.6 is 0 Å². The molecule has 1 fully saturated rings. The van der Waals surface area contributed by atoms with E-state index >= 15 is 0 Å². The van der Waals surface area contributed by atoms with Gasteiger partial charge in [0.2, 0.25) is 0 Å². The van der Waals surface area contributed by atoms with Crippen LogP contribution in [0.3, 0.4) is 0 Å². The molecule has 7 nitrogen and oxygen atoms in total. The SMILES string of the molecule is CCCCCCCC(=O)OCc1ccc(OC2CN(c3cccc(C(=O)O)c3-n3cccc3)C2)cc1. The average molecular weight is 491 g/mol. The van der Waals surface area contributed by atoms with Gasteiger partial charge in [-0.15, -0.1) is 0 Å². The lowest BCUT2D eigenvalue weighted by Crippen LogP contribution is -2.54. The topological polar surface area (TPSA) is 81.0 Å². The second kappa shape index (κ2) is 12.3. The van der Waals surface area contributed by atoms with Crippen molar-refractivity contribution in [2.75, 3.05) is 18.0 Å². The number of esters is 1. The van der Waals surface area contributed by atoms with E-state index in [2.05, 4.69) is 11.8 Å². The number of carboxylic acids is 1. The summed E-state index contributed by atoms with van der Waals surface area (Å²) in [5.41, 5.74) is 2.72. The van der Waals surface area contributed by atoms with Crippen molar-refractivity contribution in [3.8, 4) is 11.4 Å². The molecule has 0 aliphatic carbocycles. The summed E-state index contributed by atoms with van der Waals surface area (Å²) in [6.07, 6.45) is 9.74. The second-order valence-corrected chi connectivity index (χ2v) is 9.18. The molecule has 1 aliphatic rings. The van der Waals surface area contributed by atoms with E-state index in [-0.39, 0.29) is 24.2 Å². The van der Waals surface area contributed by atoms with Gasteiger partial charge in [-0.2, -0.15) is 0 Å². The Hall–Kier alpha value is -3.74. The fraction of sp³-hybridized carbons (Fsp3) is 0.379. The monoisotopic (exact) mass is 490 g/mol. The standard InChI is InChI=1S/C29H34N2O5/c1-2-3-4-5-6-12-27(32)35-21-22-13-15-23(16-14-22)36-24-19-31(20-24)26-11-9-10-25(29(33)34)28(26)30-17-7-8-18-30/h7-11,13-18,24H,2-6,12,19-21H2,1H3,(H,33,34). The predicted octanol–water partition coefficient (Wildman–Crippen LogP) is 5.85. The molecule has 0 unspecified atom stereocenters. The summed E-state index contributed by atoms with van der Waals surface area (Å²) in [4.78, 5) is 25.9. The molecule has 190 valence electrons. The Balaban J connectivity index is 1.26. The summed E-state index contributed by atoms with van der Waals surface area (Å²) >= 11 is 0. The van der Waals surface area contributed by atoms with E-state index in [1.165, 1.54) is 19.3 Å². The third-order valence-electron chi connectivity index (χ3n) is 6.41. The Morgan fingerprint density at radius 2 is 1.67 bits per heavy atom. The molecule has 0 amide bonds. The fourth-order valence-corrected chi connectivity index (χ4v) is 4.39. The first-order valence-electron chi connectivity index (χ1n) is 12.7. The first kappa shape index (κ1) is 25.4. The number of unbranched alkanes of at least 4 members (excludes halogenated alkanes) is 4. The van der Waals surface area contributed by atoms with Crippen LogP contribution in [-0.2, 0) is 16.1 Å². The Morgan fingerprint density at radius 3 is 2.36 bits per heavy atom. The third kappa shape index (κ3) is 6.47.